The first-order valence-electron chi connectivity index (χ1n) is 10.1. The molecule has 27 heavy (non-hydrogen) atoms. The van der Waals surface area contributed by atoms with E-state index in [1.54, 1.807) is 6.33 Å². The van der Waals surface area contributed by atoms with E-state index in [2.05, 4.69) is 36.2 Å². The van der Waals surface area contributed by atoms with Crippen molar-refractivity contribution >= 4 is 5.91 Å². The van der Waals surface area contributed by atoms with E-state index in [1.165, 1.54) is 6.42 Å². The number of amides is 1. The van der Waals surface area contributed by atoms with Crippen molar-refractivity contribution in [2.75, 3.05) is 19.6 Å². The van der Waals surface area contributed by atoms with Gasteiger partial charge in [0.2, 0.25) is 5.91 Å². The number of nitrogens with one attached hydrogen (secondary N) is 1. The van der Waals surface area contributed by atoms with Gasteiger partial charge in [0.15, 0.2) is 0 Å². The Hall–Kier alpha value is -2.15. The zero-order valence-corrected chi connectivity index (χ0v) is 16.4. The molecule has 1 amide bonds. The molecule has 5 heterocycles. The molecule has 2 aromatic heterocycles. The Balaban J connectivity index is 1.33. The Morgan fingerprint density at radius 1 is 1.22 bits per heavy atom. The van der Waals surface area contributed by atoms with E-state index in [0.717, 1.165) is 62.8 Å². The van der Waals surface area contributed by atoms with E-state index in [4.69, 9.17) is 0 Å². The Morgan fingerprint density at radius 2 is 2.11 bits per heavy atom. The summed E-state index contributed by atoms with van der Waals surface area (Å²) in [6.45, 7) is 8.78. The van der Waals surface area contributed by atoms with Gasteiger partial charge in [-0.1, -0.05) is 0 Å². The molecule has 146 valence electrons. The summed E-state index contributed by atoms with van der Waals surface area (Å²) in [5, 5.41) is 0. The summed E-state index contributed by atoms with van der Waals surface area (Å²) in [6.07, 6.45) is 9.45. The highest BCUT2D eigenvalue weighted by Crippen LogP contribution is 2.29. The minimum Gasteiger partial charge on any atom is -0.348 e. The lowest BCUT2D eigenvalue weighted by molar-refractivity contribution is -0.135. The monoisotopic (exact) mass is 370 g/mol. The minimum atomic E-state index is 0.320. The number of imidazole rings is 2. The van der Waals surface area contributed by atoms with Crippen LogP contribution in [0.5, 0.6) is 0 Å². The van der Waals surface area contributed by atoms with Crippen molar-refractivity contribution in [3.8, 4) is 0 Å². The highest BCUT2D eigenvalue weighted by Gasteiger charge is 2.37. The summed E-state index contributed by atoms with van der Waals surface area (Å²) >= 11 is 0. The number of rotatable bonds is 6. The molecule has 2 atom stereocenters. The first-order valence-corrected chi connectivity index (χ1v) is 10.1. The van der Waals surface area contributed by atoms with Gasteiger partial charge in [-0.05, 0) is 39.0 Å². The average Bonchev–Trinajstić information content (AvgIpc) is 3.12. The van der Waals surface area contributed by atoms with E-state index < -0.39 is 0 Å². The normalized spacial score (nSPS) is 23.0. The first-order chi connectivity index (χ1) is 13.1. The number of carbonyl (C=O) groups excluding carboxylic acids is 1. The Morgan fingerprint density at radius 3 is 2.85 bits per heavy atom. The molecule has 3 aliphatic rings. The molecule has 3 aliphatic heterocycles. The van der Waals surface area contributed by atoms with E-state index in [-0.39, 0.29) is 0 Å². The topological polar surface area (TPSA) is 70.1 Å². The molecule has 7 nitrogen and oxygen atoms in total. The molecule has 3 saturated heterocycles. The lowest BCUT2D eigenvalue weighted by Gasteiger charge is -2.36. The SMILES string of the molecule is Cc1[nH]cnc1CN1CC2CCC(C1)N(C(=O)CCCn1ccnc1C)C2. The molecule has 0 aliphatic carbocycles. The lowest BCUT2D eigenvalue weighted by atomic mass is 9.94. The van der Waals surface area contributed by atoms with Gasteiger partial charge in [0, 0.05) is 63.3 Å². The summed E-state index contributed by atoms with van der Waals surface area (Å²) in [5.74, 6) is 1.92. The fraction of sp³-hybridized carbons (Fsp3) is 0.650. The van der Waals surface area contributed by atoms with Crippen molar-refractivity contribution in [3.63, 3.8) is 0 Å². The van der Waals surface area contributed by atoms with E-state index in [1.807, 2.05) is 19.3 Å². The molecule has 7 heteroatoms. The number of hydrogen-bond donors (Lipinski definition) is 1. The quantitative estimate of drug-likeness (QED) is 0.846. The summed E-state index contributed by atoms with van der Waals surface area (Å²) in [5.41, 5.74) is 2.28. The predicted octanol–water partition coefficient (Wildman–Crippen LogP) is 2.13. The number of hydrogen-bond acceptors (Lipinski definition) is 4. The van der Waals surface area contributed by atoms with Gasteiger partial charge in [-0.3, -0.25) is 9.69 Å². The number of aromatic nitrogens is 4. The average molecular weight is 371 g/mol. The van der Waals surface area contributed by atoms with Crippen LogP contribution in [0, 0.1) is 19.8 Å². The maximum atomic E-state index is 12.9. The van der Waals surface area contributed by atoms with Crippen molar-refractivity contribution in [2.24, 2.45) is 5.92 Å². The Bertz CT molecular complexity index is 781. The molecular formula is C20H30N6O. The van der Waals surface area contributed by atoms with Crippen LogP contribution in [0.15, 0.2) is 18.7 Å². The number of H-pyrrole nitrogens is 1. The zero-order chi connectivity index (χ0) is 18.8. The van der Waals surface area contributed by atoms with Gasteiger partial charge in [-0.25, -0.2) is 9.97 Å². The van der Waals surface area contributed by atoms with Gasteiger partial charge in [0.25, 0.3) is 0 Å². The van der Waals surface area contributed by atoms with Gasteiger partial charge < -0.3 is 14.5 Å². The number of aryl methyl sites for hydroxylation is 3. The second kappa shape index (κ2) is 7.84. The molecule has 5 rings (SSSR count). The Kier molecular flexibility index (Phi) is 5.29. The van der Waals surface area contributed by atoms with E-state index >= 15 is 0 Å². The van der Waals surface area contributed by atoms with Crippen LogP contribution in [-0.2, 0) is 17.9 Å². The summed E-state index contributed by atoms with van der Waals surface area (Å²) in [4.78, 5) is 29.4. The number of nitrogens with zero attached hydrogens (tertiary/aromatic N) is 5. The summed E-state index contributed by atoms with van der Waals surface area (Å²) in [7, 11) is 0. The highest BCUT2D eigenvalue weighted by molar-refractivity contribution is 5.76. The lowest BCUT2D eigenvalue weighted by Crippen LogP contribution is -2.47. The van der Waals surface area contributed by atoms with Crippen molar-refractivity contribution < 1.29 is 4.79 Å². The number of aromatic amines is 1. The number of fused-ring (bicyclic) bond motifs is 4. The molecule has 2 unspecified atom stereocenters. The van der Waals surface area contributed by atoms with Crippen LogP contribution < -0.4 is 0 Å². The fourth-order valence-corrected chi connectivity index (χ4v) is 4.56. The summed E-state index contributed by atoms with van der Waals surface area (Å²) in [6, 6.07) is 0.352. The highest BCUT2D eigenvalue weighted by atomic mass is 16.2. The fourth-order valence-electron chi connectivity index (χ4n) is 4.56. The molecule has 3 fully saturated rings. The van der Waals surface area contributed by atoms with Crippen LogP contribution in [-0.4, -0.2) is 60.9 Å². The second-order valence-electron chi connectivity index (χ2n) is 8.08. The number of carbonyl (C=O) groups is 1. The van der Waals surface area contributed by atoms with Gasteiger partial charge in [0.05, 0.1) is 12.0 Å². The largest absolute Gasteiger partial charge is 0.348 e. The molecular weight excluding hydrogens is 340 g/mol. The van der Waals surface area contributed by atoms with Gasteiger partial charge in [0.1, 0.15) is 5.82 Å². The smallest absolute Gasteiger partial charge is 0.222 e. The zero-order valence-electron chi connectivity index (χ0n) is 16.4. The maximum absolute atomic E-state index is 12.9. The molecule has 0 aromatic carbocycles. The van der Waals surface area contributed by atoms with Crippen LogP contribution in [0.25, 0.3) is 0 Å². The third-order valence-electron chi connectivity index (χ3n) is 6.13. The second-order valence-corrected chi connectivity index (χ2v) is 8.08. The van der Waals surface area contributed by atoms with Crippen LogP contribution in [0.2, 0.25) is 0 Å². The molecule has 2 aromatic rings. The van der Waals surface area contributed by atoms with Crippen LogP contribution in [0.4, 0.5) is 0 Å². The van der Waals surface area contributed by atoms with E-state index in [0.29, 0.717) is 24.3 Å². The van der Waals surface area contributed by atoms with Gasteiger partial charge in [-0.15, -0.1) is 0 Å². The van der Waals surface area contributed by atoms with Crippen molar-refractivity contribution in [2.45, 2.75) is 58.7 Å². The van der Waals surface area contributed by atoms with Gasteiger partial charge in [-0.2, -0.15) is 0 Å². The predicted molar refractivity (Wildman–Crippen MR) is 103 cm³/mol. The minimum absolute atomic E-state index is 0.320. The third kappa shape index (κ3) is 4.08. The maximum Gasteiger partial charge on any atom is 0.222 e. The molecule has 0 radical (unpaired) electrons. The van der Waals surface area contributed by atoms with Crippen molar-refractivity contribution in [1.82, 2.24) is 29.3 Å². The molecule has 1 N–H and O–H groups in total. The summed E-state index contributed by atoms with van der Waals surface area (Å²) < 4.78 is 2.12. The molecule has 0 saturated carbocycles. The Labute approximate surface area is 160 Å². The van der Waals surface area contributed by atoms with Crippen molar-refractivity contribution in [1.29, 1.82) is 0 Å². The standard InChI is InChI=1S/C20H30N6O/c1-15-19(23-14-22-15)13-24-10-17-5-6-18(12-24)26(11-17)20(27)4-3-8-25-9-7-21-16(25)2/h7,9,14,17-18H,3-6,8,10-13H2,1-2H3,(H,22,23). The van der Waals surface area contributed by atoms with Crippen LogP contribution in [0.3, 0.4) is 0 Å². The molecule has 0 spiro atoms. The molecule has 2 bridgehead atoms. The van der Waals surface area contributed by atoms with Gasteiger partial charge >= 0.3 is 0 Å². The first kappa shape index (κ1) is 18.2. The third-order valence-corrected chi connectivity index (χ3v) is 6.13. The van der Waals surface area contributed by atoms with Crippen LogP contribution in [0.1, 0.15) is 42.9 Å². The van der Waals surface area contributed by atoms with E-state index in [9.17, 15) is 4.79 Å². The number of piperidine rings is 1. The van der Waals surface area contributed by atoms with Crippen molar-refractivity contribution in [3.05, 3.63) is 35.9 Å². The van der Waals surface area contributed by atoms with Crippen LogP contribution >= 0.6 is 0 Å².